The fourth-order valence-electron chi connectivity index (χ4n) is 2.35. The highest BCUT2D eigenvalue weighted by Gasteiger charge is 2.16. The second-order valence-electron chi connectivity index (χ2n) is 4.94. The Hall–Kier alpha value is -3.16. The second kappa shape index (κ2) is 5.56. The predicted molar refractivity (Wildman–Crippen MR) is 82.3 cm³/mol. The summed E-state index contributed by atoms with van der Waals surface area (Å²) in [5.41, 5.74) is 1.49. The standard InChI is InChI=1S/C15H14N4O4/c1-18-10-5-3-4-6-11(10)19-12(15(18)22)7-9(17-19)14(21)16-8-13(20)23-2/h3-7H,8H2,1-2H3,(H,16,21). The Kier molecular flexibility index (Phi) is 3.57. The summed E-state index contributed by atoms with van der Waals surface area (Å²) in [5, 5.41) is 6.58. The Bertz CT molecular complexity index is 986. The van der Waals surface area contributed by atoms with Gasteiger partial charge in [-0.3, -0.25) is 14.4 Å². The zero-order valence-corrected chi connectivity index (χ0v) is 12.6. The van der Waals surface area contributed by atoms with Crippen molar-refractivity contribution in [2.75, 3.05) is 13.7 Å². The average Bonchev–Trinajstić information content (AvgIpc) is 3.03. The molecule has 0 bridgehead atoms. The third-order valence-electron chi connectivity index (χ3n) is 3.56. The summed E-state index contributed by atoms with van der Waals surface area (Å²) < 4.78 is 7.39. The van der Waals surface area contributed by atoms with Crippen molar-refractivity contribution < 1.29 is 14.3 Å². The van der Waals surface area contributed by atoms with Crippen LogP contribution in [0.4, 0.5) is 0 Å². The average molecular weight is 314 g/mol. The van der Waals surface area contributed by atoms with Gasteiger partial charge in [-0.15, -0.1) is 0 Å². The minimum atomic E-state index is -0.566. The van der Waals surface area contributed by atoms with Crippen LogP contribution in [0.3, 0.4) is 0 Å². The van der Waals surface area contributed by atoms with E-state index >= 15 is 0 Å². The van der Waals surface area contributed by atoms with Crippen LogP contribution in [-0.2, 0) is 16.6 Å². The number of amides is 1. The quantitative estimate of drug-likeness (QED) is 0.691. The Morgan fingerprint density at radius 2 is 1.91 bits per heavy atom. The van der Waals surface area contributed by atoms with Crippen LogP contribution >= 0.6 is 0 Å². The number of carbonyl (C=O) groups excluding carboxylic acids is 2. The van der Waals surface area contributed by atoms with Crippen LogP contribution in [0.15, 0.2) is 35.1 Å². The maximum Gasteiger partial charge on any atom is 0.325 e. The van der Waals surface area contributed by atoms with Gasteiger partial charge in [0.05, 0.1) is 18.1 Å². The number of para-hydroxylation sites is 2. The van der Waals surface area contributed by atoms with Crippen LogP contribution < -0.4 is 10.9 Å². The number of carbonyl (C=O) groups is 2. The number of nitrogens with zero attached hydrogens (tertiary/aromatic N) is 3. The van der Waals surface area contributed by atoms with Crippen molar-refractivity contribution in [3.63, 3.8) is 0 Å². The molecule has 0 radical (unpaired) electrons. The lowest BCUT2D eigenvalue weighted by Gasteiger charge is -2.06. The van der Waals surface area contributed by atoms with E-state index in [2.05, 4.69) is 15.2 Å². The van der Waals surface area contributed by atoms with E-state index < -0.39 is 11.9 Å². The molecule has 8 nitrogen and oxygen atoms in total. The highest BCUT2D eigenvalue weighted by molar-refractivity contribution is 5.95. The van der Waals surface area contributed by atoms with Crippen LogP contribution in [0.5, 0.6) is 0 Å². The van der Waals surface area contributed by atoms with Gasteiger partial charge in [0.1, 0.15) is 12.1 Å². The number of hydrogen-bond acceptors (Lipinski definition) is 5. The van der Waals surface area contributed by atoms with Crippen molar-refractivity contribution in [3.05, 3.63) is 46.4 Å². The predicted octanol–water partition coefficient (Wildman–Crippen LogP) is 0.0890. The lowest BCUT2D eigenvalue weighted by atomic mass is 10.3. The molecule has 0 aliphatic rings. The number of aryl methyl sites for hydroxylation is 1. The van der Waals surface area contributed by atoms with E-state index in [0.29, 0.717) is 11.0 Å². The molecule has 3 rings (SSSR count). The molecule has 0 aliphatic carbocycles. The first-order chi connectivity index (χ1) is 11.0. The van der Waals surface area contributed by atoms with E-state index in [4.69, 9.17) is 0 Å². The van der Waals surface area contributed by atoms with Crippen LogP contribution in [0.2, 0.25) is 0 Å². The number of nitrogens with one attached hydrogen (secondary N) is 1. The summed E-state index contributed by atoms with van der Waals surface area (Å²) in [6.07, 6.45) is 0. The number of benzene rings is 1. The van der Waals surface area contributed by atoms with E-state index in [1.165, 1.54) is 22.3 Å². The fraction of sp³-hybridized carbons (Fsp3) is 0.200. The number of fused-ring (bicyclic) bond motifs is 3. The van der Waals surface area contributed by atoms with Gasteiger partial charge < -0.3 is 14.6 Å². The Morgan fingerprint density at radius 1 is 1.22 bits per heavy atom. The molecule has 0 saturated heterocycles. The first-order valence-corrected chi connectivity index (χ1v) is 6.85. The summed E-state index contributed by atoms with van der Waals surface area (Å²) in [5.74, 6) is -1.12. The van der Waals surface area contributed by atoms with Crippen LogP contribution in [0.25, 0.3) is 16.6 Å². The minimum Gasteiger partial charge on any atom is -0.468 e. The third kappa shape index (κ3) is 2.44. The van der Waals surface area contributed by atoms with Gasteiger partial charge in [-0.05, 0) is 12.1 Å². The summed E-state index contributed by atoms with van der Waals surface area (Å²) >= 11 is 0. The molecule has 0 spiro atoms. The molecular weight excluding hydrogens is 300 g/mol. The molecule has 0 aliphatic heterocycles. The van der Waals surface area contributed by atoms with E-state index in [1.54, 1.807) is 13.1 Å². The number of aromatic nitrogens is 3. The van der Waals surface area contributed by atoms with Crippen molar-refractivity contribution in [3.8, 4) is 0 Å². The highest BCUT2D eigenvalue weighted by atomic mass is 16.5. The Morgan fingerprint density at radius 3 is 2.61 bits per heavy atom. The van der Waals surface area contributed by atoms with Crippen molar-refractivity contribution in [1.82, 2.24) is 19.5 Å². The molecular formula is C15H14N4O4. The fourth-order valence-corrected chi connectivity index (χ4v) is 2.35. The molecule has 8 heteroatoms. The minimum absolute atomic E-state index is 0.0577. The van der Waals surface area contributed by atoms with E-state index in [9.17, 15) is 14.4 Å². The number of hydrogen-bond donors (Lipinski definition) is 1. The van der Waals surface area contributed by atoms with Gasteiger partial charge in [0.15, 0.2) is 5.69 Å². The number of esters is 1. The lowest BCUT2D eigenvalue weighted by Crippen LogP contribution is -2.30. The van der Waals surface area contributed by atoms with Gasteiger partial charge in [-0.1, -0.05) is 12.1 Å². The van der Waals surface area contributed by atoms with E-state index in [-0.39, 0.29) is 23.3 Å². The van der Waals surface area contributed by atoms with Crippen molar-refractivity contribution in [1.29, 1.82) is 0 Å². The molecule has 0 unspecified atom stereocenters. The van der Waals surface area contributed by atoms with Crippen molar-refractivity contribution >= 4 is 28.4 Å². The molecule has 118 valence electrons. The summed E-state index contributed by atoms with van der Waals surface area (Å²) in [7, 11) is 2.89. The molecule has 2 aromatic heterocycles. The van der Waals surface area contributed by atoms with Crippen LogP contribution in [-0.4, -0.2) is 39.7 Å². The Labute approximate surface area is 130 Å². The largest absolute Gasteiger partial charge is 0.468 e. The molecule has 1 aromatic carbocycles. The second-order valence-corrected chi connectivity index (χ2v) is 4.94. The Balaban J connectivity index is 2.10. The molecule has 23 heavy (non-hydrogen) atoms. The molecule has 1 N–H and O–H groups in total. The zero-order valence-electron chi connectivity index (χ0n) is 12.6. The highest BCUT2D eigenvalue weighted by Crippen LogP contribution is 2.14. The molecule has 2 heterocycles. The summed E-state index contributed by atoms with van der Waals surface area (Å²) in [6.45, 7) is -0.262. The normalized spacial score (nSPS) is 10.9. The maximum absolute atomic E-state index is 12.4. The lowest BCUT2D eigenvalue weighted by molar-refractivity contribution is -0.139. The van der Waals surface area contributed by atoms with Gasteiger partial charge >= 0.3 is 5.97 Å². The van der Waals surface area contributed by atoms with Gasteiger partial charge in [0.25, 0.3) is 11.5 Å². The molecule has 3 aromatic rings. The molecule has 0 fully saturated rings. The number of ether oxygens (including phenoxy) is 1. The molecule has 1 amide bonds. The van der Waals surface area contributed by atoms with Crippen molar-refractivity contribution in [2.24, 2.45) is 7.05 Å². The SMILES string of the molecule is COC(=O)CNC(=O)c1cc2c(=O)n(C)c3ccccc3n2n1. The maximum atomic E-state index is 12.4. The third-order valence-corrected chi connectivity index (χ3v) is 3.56. The van der Waals surface area contributed by atoms with Gasteiger partial charge in [0, 0.05) is 13.1 Å². The number of methoxy groups -OCH3 is 1. The molecule has 0 atom stereocenters. The zero-order chi connectivity index (χ0) is 16.6. The van der Waals surface area contributed by atoms with E-state index in [1.807, 2.05) is 18.2 Å². The molecule has 0 saturated carbocycles. The monoisotopic (exact) mass is 314 g/mol. The van der Waals surface area contributed by atoms with Gasteiger partial charge in [-0.2, -0.15) is 5.10 Å². The van der Waals surface area contributed by atoms with Gasteiger partial charge in [0.2, 0.25) is 0 Å². The topological polar surface area (TPSA) is 94.7 Å². The first kappa shape index (κ1) is 14.8. The first-order valence-electron chi connectivity index (χ1n) is 6.85. The smallest absolute Gasteiger partial charge is 0.325 e. The summed E-state index contributed by atoms with van der Waals surface area (Å²) in [4.78, 5) is 35.5. The summed E-state index contributed by atoms with van der Waals surface area (Å²) in [6, 6.07) is 8.66. The number of rotatable bonds is 3. The van der Waals surface area contributed by atoms with E-state index in [0.717, 1.165) is 0 Å². The van der Waals surface area contributed by atoms with Crippen LogP contribution in [0.1, 0.15) is 10.5 Å². The van der Waals surface area contributed by atoms with Crippen LogP contribution in [0, 0.1) is 0 Å². The van der Waals surface area contributed by atoms with Crippen molar-refractivity contribution in [2.45, 2.75) is 0 Å². The van der Waals surface area contributed by atoms with Gasteiger partial charge in [-0.25, -0.2) is 4.52 Å².